The van der Waals surface area contributed by atoms with Gasteiger partial charge in [-0.15, -0.1) is 0 Å². The lowest BCUT2D eigenvalue weighted by atomic mass is 10.1. The molecule has 0 spiro atoms. The summed E-state index contributed by atoms with van der Waals surface area (Å²) in [6.45, 7) is 7.47. The number of nitrogens with zero attached hydrogens (tertiary/aromatic N) is 1. The van der Waals surface area contributed by atoms with Gasteiger partial charge in [0, 0.05) is 18.7 Å². The molecule has 0 aromatic heterocycles. The zero-order valence-corrected chi connectivity index (χ0v) is 16.8. The largest absolute Gasteiger partial charge is 0.483 e. The number of rotatable bonds is 8. The highest BCUT2D eigenvalue weighted by atomic mass is 19.1. The maximum absolute atomic E-state index is 14.1. The van der Waals surface area contributed by atoms with Crippen LogP contribution in [0.5, 0.6) is 5.75 Å². The lowest BCUT2D eigenvalue weighted by Crippen LogP contribution is -2.49. The molecule has 0 fully saturated rings. The van der Waals surface area contributed by atoms with Crippen LogP contribution in [0.25, 0.3) is 0 Å². The smallest absolute Gasteiger partial charge is 0.261 e. The van der Waals surface area contributed by atoms with Crippen LogP contribution in [0.2, 0.25) is 0 Å². The normalized spacial score (nSPS) is 11.6. The molecule has 0 saturated heterocycles. The molecule has 0 heterocycles. The Labute approximate surface area is 165 Å². The number of ether oxygens (including phenoxy) is 1. The quantitative estimate of drug-likeness (QED) is 0.757. The highest BCUT2D eigenvalue weighted by Crippen LogP contribution is 2.20. The fourth-order valence-corrected chi connectivity index (χ4v) is 2.80. The Morgan fingerprint density at radius 1 is 1.18 bits per heavy atom. The van der Waals surface area contributed by atoms with Gasteiger partial charge in [-0.05, 0) is 51.0 Å². The number of hydrogen-bond donors (Lipinski definition) is 1. The van der Waals surface area contributed by atoms with Crippen LogP contribution in [0.1, 0.15) is 30.5 Å². The van der Waals surface area contributed by atoms with E-state index >= 15 is 0 Å². The van der Waals surface area contributed by atoms with E-state index in [1.807, 2.05) is 32.0 Å². The van der Waals surface area contributed by atoms with Gasteiger partial charge in [0.25, 0.3) is 5.91 Å². The minimum atomic E-state index is -0.755. The second-order valence-corrected chi connectivity index (χ2v) is 6.74. The van der Waals surface area contributed by atoms with Gasteiger partial charge in [0.2, 0.25) is 5.91 Å². The zero-order chi connectivity index (χ0) is 20.7. The Balaban J connectivity index is 2.19. The van der Waals surface area contributed by atoms with E-state index in [9.17, 15) is 14.0 Å². The second kappa shape index (κ2) is 9.88. The van der Waals surface area contributed by atoms with Crippen LogP contribution < -0.4 is 10.1 Å². The third-order valence-electron chi connectivity index (χ3n) is 4.51. The van der Waals surface area contributed by atoms with Crippen LogP contribution in [0, 0.1) is 19.7 Å². The summed E-state index contributed by atoms with van der Waals surface area (Å²) in [7, 11) is 0. The summed E-state index contributed by atoms with van der Waals surface area (Å²) >= 11 is 0. The Bertz CT molecular complexity index is 838. The molecule has 0 bridgehead atoms. The van der Waals surface area contributed by atoms with Crippen molar-refractivity contribution in [3.63, 3.8) is 0 Å². The number of nitrogens with one attached hydrogen (secondary N) is 1. The van der Waals surface area contributed by atoms with E-state index in [0.717, 1.165) is 11.1 Å². The molecule has 1 atom stereocenters. The minimum absolute atomic E-state index is 0.0139. The summed E-state index contributed by atoms with van der Waals surface area (Å²) in [5.74, 6) is -0.481. The first-order chi connectivity index (χ1) is 13.3. The molecular weight excluding hydrogens is 359 g/mol. The summed E-state index contributed by atoms with van der Waals surface area (Å²) in [5, 5.41) is 2.70. The number of carbonyl (C=O) groups excluding carboxylic acids is 2. The monoisotopic (exact) mass is 386 g/mol. The Kier molecular flexibility index (Phi) is 7.55. The van der Waals surface area contributed by atoms with E-state index in [2.05, 4.69) is 5.32 Å². The van der Waals surface area contributed by atoms with Crippen LogP contribution in [0.15, 0.2) is 42.5 Å². The first kappa shape index (κ1) is 21.4. The van der Waals surface area contributed by atoms with Gasteiger partial charge in [-0.3, -0.25) is 9.59 Å². The number of carbonyl (C=O) groups is 2. The van der Waals surface area contributed by atoms with E-state index in [1.165, 1.54) is 11.0 Å². The van der Waals surface area contributed by atoms with Gasteiger partial charge in [0.1, 0.15) is 17.6 Å². The number of hydrogen-bond acceptors (Lipinski definition) is 3. The van der Waals surface area contributed by atoms with Crippen molar-refractivity contribution in [2.75, 3.05) is 13.2 Å². The van der Waals surface area contributed by atoms with Crippen molar-refractivity contribution in [3.05, 3.63) is 65.0 Å². The van der Waals surface area contributed by atoms with Gasteiger partial charge in [0.15, 0.2) is 6.61 Å². The summed E-state index contributed by atoms with van der Waals surface area (Å²) in [6.07, 6.45) is 0. The summed E-state index contributed by atoms with van der Waals surface area (Å²) in [5.41, 5.74) is 2.28. The maximum atomic E-state index is 14.1. The van der Waals surface area contributed by atoms with Gasteiger partial charge in [-0.1, -0.05) is 30.3 Å². The molecule has 5 nitrogen and oxygen atoms in total. The standard InChI is InChI=1S/C22H27FN2O3/c1-5-24-22(27)17(4)25(13-18-8-6-7-9-19(18)23)21(26)14-28-20-12-15(2)10-11-16(20)3/h6-12,17H,5,13-14H2,1-4H3,(H,24,27)/t17-/m1/s1. The Morgan fingerprint density at radius 3 is 2.57 bits per heavy atom. The van der Waals surface area contributed by atoms with Crippen molar-refractivity contribution in [1.82, 2.24) is 10.2 Å². The van der Waals surface area contributed by atoms with Crippen LogP contribution in [0.4, 0.5) is 4.39 Å². The lowest BCUT2D eigenvalue weighted by molar-refractivity contribution is -0.142. The summed E-state index contributed by atoms with van der Waals surface area (Å²) < 4.78 is 19.8. The Hall–Kier alpha value is -2.89. The SMILES string of the molecule is CCNC(=O)[C@@H](C)N(Cc1ccccc1F)C(=O)COc1cc(C)ccc1C. The number of amides is 2. The number of aryl methyl sites for hydroxylation is 2. The van der Waals surface area contributed by atoms with Gasteiger partial charge in [-0.25, -0.2) is 4.39 Å². The topological polar surface area (TPSA) is 58.6 Å². The maximum Gasteiger partial charge on any atom is 0.261 e. The molecule has 2 aromatic carbocycles. The fourth-order valence-electron chi connectivity index (χ4n) is 2.80. The summed E-state index contributed by atoms with van der Waals surface area (Å²) in [6, 6.07) is 11.2. The number of likely N-dealkylation sites (N-methyl/N-ethyl adjacent to an activating group) is 1. The third-order valence-corrected chi connectivity index (χ3v) is 4.51. The second-order valence-electron chi connectivity index (χ2n) is 6.74. The molecule has 28 heavy (non-hydrogen) atoms. The highest BCUT2D eigenvalue weighted by Gasteiger charge is 2.27. The summed E-state index contributed by atoms with van der Waals surface area (Å²) in [4.78, 5) is 26.5. The van der Waals surface area contributed by atoms with Crippen molar-refractivity contribution in [2.45, 2.75) is 40.3 Å². The van der Waals surface area contributed by atoms with Gasteiger partial charge >= 0.3 is 0 Å². The molecule has 0 unspecified atom stereocenters. The number of benzene rings is 2. The Morgan fingerprint density at radius 2 is 1.89 bits per heavy atom. The average molecular weight is 386 g/mol. The number of halogens is 1. The van der Waals surface area contributed by atoms with Crippen molar-refractivity contribution in [1.29, 1.82) is 0 Å². The van der Waals surface area contributed by atoms with Crippen molar-refractivity contribution in [3.8, 4) is 5.75 Å². The predicted octanol–water partition coefficient (Wildman–Crippen LogP) is 3.37. The third kappa shape index (κ3) is 5.55. The zero-order valence-electron chi connectivity index (χ0n) is 16.8. The van der Waals surface area contributed by atoms with E-state index < -0.39 is 11.9 Å². The van der Waals surface area contributed by atoms with Gasteiger partial charge in [0.05, 0.1) is 0 Å². The van der Waals surface area contributed by atoms with E-state index in [-0.39, 0.29) is 25.0 Å². The van der Waals surface area contributed by atoms with Crippen molar-refractivity contribution < 1.29 is 18.7 Å². The van der Waals surface area contributed by atoms with Gasteiger partial charge in [-0.2, -0.15) is 0 Å². The molecule has 0 radical (unpaired) electrons. The molecule has 2 amide bonds. The van der Waals surface area contributed by atoms with E-state index in [1.54, 1.807) is 32.0 Å². The minimum Gasteiger partial charge on any atom is -0.483 e. The molecule has 1 N–H and O–H groups in total. The van der Waals surface area contributed by atoms with Crippen molar-refractivity contribution in [2.24, 2.45) is 0 Å². The molecular formula is C22H27FN2O3. The van der Waals surface area contributed by atoms with E-state index in [4.69, 9.17) is 4.74 Å². The molecule has 2 rings (SSSR count). The molecule has 0 aliphatic rings. The first-order valence-corrected chi connectivity index (χ1v) is 9.34. The van der Waals surface area contributed by atoms with Crippen molar-refractivity contribution >= 4 is 11.8 Å². The average Bonchev–Trinajstić information content (AvgIpc) is 2.67. The molecule has 6 heteroatoms. The van der Waals surface area contributed by atoms with Gasteiger partial charge < -0.3 is 15.0 Å². The van der Waals surface area contributed by atoms with Crippen LogP contribution >= 0.6 is 0 Å². The highest BCUT2D eigenvalue weighted by molar-refractivity contribution is 5.87. The molecule has 150 valence electrons. The van der Waals surface area contributed by atoms with Crippen LogP contribution in [0.3, 0.4) is 0 Å². The fraction of sp³-hybridized carbons (Fsp3) is 0.364. The molecule has 0 aliphatic heterocycles. The molecule has 0 saturated carbocycles. The molecule has 2 aromatic rings. The van der Waals surface area contributed by atoms with Crippen LogP contribution in [-0.2, 0) is 16.1 Å². The van der Waals surface area contributed by atoms with Crippen LogP contribution in [-0.4, -0.2) is 35.9 Å². The first-order valence-electron chi connectivity index (χ1n) is 9.34. The van der Waals surface area contributed by atoms with E-state index in [0.29, 0.717) is 17.9 Å². The lowest BCUT2D eigenvalue weighted by Gasteiger charge is -2.28. The predicted molar refractivity (Wildman–Crippen MR) is 107 cm³/mol. The molecule has 0 aliphatic carbocycles.